The number of benzene rings is 1. The Labute approximate surface area is 126 Å². The van der Waals surface area contributed by atoms with Gasteiger partial charge >= 0.3 is 0 Å². The Hall–Kier alpha value is -1.65. The molecule has 0 amide bonds. The molecule has 1 aliphatic rings. The molecular formula is C17H23N3O. The maximum atomic E-state index is 5.84. The molecule has 0 radical (unpaired) electrons. The molecule has 0 saturated carbocycles. The minimum absolute atomic E-state index is 0.597. The Morgan fingerprint density at radius 3 is 2.90 bits per heavy atom. The molecule has 1 unspecified atom stereocenters. The zero-order valence-corrected chi connectivity index (χ0v) is 12.8. The van der Waals surface area contributed by atoms with E-state index in [1.54, 1.807) is 0 Å². The number of nitrogens with one attached hydrogen (secondary N) is 1. The van der Waals surface area contributed by atoms with E-state index in [9.17, 15) is 0 Å². The number of likely N-dealkylation sites (tertiary alicyclic amines) is 1. The largest absolute Gasteiger partial charge is 0.441 e. The maximum absolute atomic E-state index is 5.84. The van der Waals surface area contributed by atoms with Crippen molar-refractivity contribution in [2.45, 2.75) is 32.4 Å². The van der Waals surface area contributed by atoms with Crippen molar-refractivity contribution < 1.29 is 4.42 Å². The number of rotatable bonds is 4. The number of aryl methyl sites for hydroxylation is 1. The Kier molecular flexibility index (Phi) is 4.36. The van der Waals surface area contributed by atoms with Crippen LogP contribution in [0.15, 0.2) is 34.7 Å². The van der Waals surface area contributed by atoms with E-state index in [0.29, 0.717) is 6.04 Å². The first-order chi connectivity index (χ1) is 10.3. The summed E-state index contributed by atoms with van der Waals surface area (Å²) in [4.78, 5) is 7.16. The number of oxazole rings is 1. The molecule has 3 rings (SSSR count). The van der Waals surface area contributed by atoms with Crippen molar-refractivity contribution in [1.82, 2.24) is 15.2 Å². The first kappa shape index (κ1) is 14.3. The summed E-state index contributed by atoms with van der Waals surface area (Å²) in [6.45, 7) is 5.11. The highest BCUT2D eigenvalue weighted by Crippen LogP contribution is 2.23. The van der Waals surface area contributed by atoms with Gasteiger partial charge in [-0.25, -0.2) is 4.98 Å². The van der Waals surface area contributed by atoms with E-state index in [1.165, 1.54) is 12.8 Å². The molecule has 1 aromatic carbocycles. The van der Waals surface area contributed by atoms with Gasteiger partial charge in [0, 0.05) is 24.7 Å². The van der Waals surface area contributed by atoms with E-state index in [-0.39, 0.29) is 0 Å². The molecule has 4 nitrogen and oxygen atoms in total. The lowest BCUT2D eigenvalue weighted by Gasteiger charge is -2.31. The second-order valence-corrected chi connectivity index (χ2v) is 5.75. The van der Waals surface area contributed by atoms with E-state index in [0.717, 1.165) is 42.5 Å². The van der Waals surface area contributed by atoms with E-state index in [4.69, 9.17) is 9.40 Å². The fraction of sp³-hybridized carbons (Fsp3) is 0.471. The van der Waals surface area contributed by atoms with Crippen molar-refractivity contribution in [2.75, 3.05) is 20.1 Å². The molecule has 0 bridgehead atoms. The van der Waals surface area contributed by atoms with Gasteiger partial charge in [0.05, 0.1) is 5.69 Å². The lowest BCUT2D eigenvalue weighted by atomic mass is 10.1. The van der Waals surface area contributed by atoms with Gasteiger partial charge in [-0.2, -0.15) is 0 Å². The van der Waals surface area contributed by atoms with Gasteiger partial charge in [-0.1, -0.05) is 18.2 Å². The summed E-state index contributed by atoms with van der Waals surface area (Å²) in [5, 5.41) is 3.38. The molecule has 0 spiro atoms. The average molecular weight is 285 g/mol. The van der Waals surface area contributed by atoms with Crippen LogP contribution in [0.25, 0.3) is 11.5 Å². The summed E-state index contributed by atoms with van der Waals surface area (Å²) in [6.07, 6.45) is 2.51. The molecule has 1 aliphatic heterocycles. The summed E-state index contributed by atoms with van der Waals surface area (Å²) < 4.78 is 5.84. The number of hydrogen-bond donors (Lipinski definition) is 1. The normalized spacial score (nSPS) is 19.8. The molecule has 112 valence electrons. The Morgan fingerprint density at radius 1 is 1.33 bits per heavy atom. The first-order valence-corrected chi connectivity index (χ1v) is 7.67. The van der Waals surface area contributed by atoms with Crippen LogP contribution in [0.3, 0.4) is 0 Å². The van der Waals surface area contributed by atoms with Gasteiger partial charge < -0.3 is 9.73 Å². The van der Waals surface area contributed by atoms with Gasteiger partial charge in [-0.15, -0.1) is 0 Å². The predicted molar refractivity (Wildman–Crippen MR) is 84.0 cm³/mol. The Morgan fingerprint density at radius 2 is 2.14 bits per heavy atom. The third-order valence-electron chi connectivity index (χ3n) is 4.20. The molecule has 1 saturated heterocycles. The smallest absolute Gasteiger partial charge is 0.226 e. The van der Waals surface area contributed by atoms with E-state index in [2.05, 4.69) is 10.2 Å². The molecule has 1 atom stereocenters. The van der Waals surface area contributed by atoms with Crippen LogP contribution in [0, 0.1) is 6.92 Å². The number of piperidine rings is 1. The van der Waals surface area contributed by atoms with Crippen LogP contribution in [-0.4, -0.2) is 36.1 Å². The highest BCUT2D eigenvalue weighted by molar-refractivity contribution is 5.53. The van der Waals surface area contributed by atoms with Gasteiger partial charge in [-0.3, -0.25) is 4.90 Å². The van der Waals surface area contributed by atoms with Gasteiger partial charge in [0.25, 0.3) is 0 Å². The lowest BCUT2D eigenvalue weighted by Crippen LogP contribution is -2.44. The minimum atomic E-state index is 0.597. The van der Waals surface area contributed by atoms with Gasteiger partial charge in [0.1, 0.15) is 5.76 Å². The van der Waals surface area contributed by atoms with Crippen molar-refractivity contribution in [2.24, 2.45) is 0 Å². The second kappa shape index (κ2) is 6.41. The summed E-state index contributed by atoms with van der Waals surface area (Å²) in [6, 6.07) is 10.7. The zero-order chi connectivity index (χ0) is 14.7. The van der Waals surface area contributed by atoms with Crippen LogP contribution in [-0.2, 0) is 6.54 Å². The third kappa shape index (κ3) is 3.34. The average Bonchev–Trinajstić information content (AvgIpc) is 2.89. The molecule has 1 N–H and O–H groups in total. The topological polar surface area (TPSA) is 41.3 Å². The van der Waals surface area contributed by atoms with Gasteiger partial charge in [-0.05, 0) is 45.5 Å². The van der Waals surface area contributed by atoms with Crippen LogP contribution in [0.1, 0.15) is 24.3 Å². The lowest BCUT2D eigenvalue weighted by molar-refractivity contribution is 0.185. The van der Waals surface area contributed by atoms with Crippen molar-refractivity contribution in [1.29, 1.82) is 0 Å². The fourth-order valence-electron chi connectivity index (χ4n) is 2.93. The Balaban J connectivity index is 1.73. The Bertz CT molecular complexity index is 579. The van der Waals surface area contributed by atoms with Crippen LogP contribution in [0.2, 0.25) is 0 Å². The van der Waals surface area contributed by atoms with Crippen LogP contribution in [0.4, 0.5) is 0 Å². The minimum Gasteiger partial charge on any atom is -0.441 e. The molecule has 1 fully saturated rings. The summed E-state index contributed by atoms with van der Waals surface area (Å²) in [5.41, 5.74) is 2.10. The summed E-state index contributed by atoms with van der Waals surface area (Å²) >= 11 is 0. The monoisotopic (exact) mass is 285 g/mol. The van der Waals surface area contributed by atoms with Crippen LogP contribution >= 0.6 is 0 Å². The van der Waals surface area contributed by atoms with Crippen molar-refractivity contribution in [3.05, 3.63) is 41.8 Å². The number of hydrogen-bond acceptors (Lipinski definition) is 4. The summed E-state index contributed by atoms with van der Waals surface area (Å²) in [5.74, 6) is 1.66. The molecular weight excluding hydrogens is 262 g/mol. The molecule has 21 heavy (non-hydrogen) atoms. The third-order valence-corrected chi connectivity index (χ3v) is 4.20. The highest BCUT2D eigenvalue weighted by atomic mass is 16.4. The first-order valence-electron chi connectivity index (χ1n) is 7.67. The van der Waals surface area contributed by atoms with E-state index < -0.39 is 0 Å². The van der Waals surface area contributed by atoms with Crippen molar-refractivity contribution in [3.8, 4) is 11.5 Å². The SMILES string of the molecule is CNC1CCCN(Cc2nc(-c3ccccc3)oc2C)C1. The molecule has 2 aromatic rings. The zero-order valence-electron chi connectivity index (χ0n) is 12.8. The van der Waals surface area contributed by atoms with Gasteiger partial charge in [0.2, 0.25) is 5.89 Å². The van der Waals surface area contributed by atoms with Crippen molar-refractivity contribution >= 4 is 0 Å². The standard InChI is InChI=1S/C17H23N3O/c1-13-16(12-20-10-6-9-15(11-20)18-2)19-17(21-13)14-7-4-3-5-8-14/h3-5,7-8,15,18H,6,9-12H2,1-2H3. The molecule has 4 heteroatoms. The predicted octanol–water partition coefficient (Wildman–Crippen LogP) is 2.83. The van der Waals surface area contributed by atoms with E-state index in [1.807, 2.05) is 44.3 Å². The van der Waals surface area contributed by atoms with Crippen molar-refractivity contribution in [3.63, 3.8) is 0 Å². The molecule has 0 aliphatic carbocycles. The van der Waals surface area contributed by atoms with Crippen LogP contribution in [0.5, 0.6) is 0 Å². The highest BCUT2D eigenvalue weighted by Gasteiger charge is 2.21. The number of likely N-dealkylation sites (N-methyl/N-ethyl adjacent to an activating group) is 1. The fourth-order valence-corrected chi connectivity index (χ4v) is 2.93. The summed E-state index contributed by atoms with van der Waals surface area (Å²) in [7, 11) is 2.04. The number of nitrogens with zero attached hydrogens (tertiary/aromatic N) is 2. The maximum Gasteiger partial charge on any atom is 0.226 e. The molecule has 2 heterocycles. The molecule has 1 aromatic heterocycles. The van der Waals surface area contributed by atoms with Crippen LogP contribution < -0.4 is 5.32 Å². The second-order valence-electron chi connectivity index (χ2n) is 5.75. The van der Waals surface area contributed by atoms with Gasteiger partial charge in [0.15, 0.2) is 0 Å². The quantitative estimate of drug-likeness (QED) is 0.938. The van der Waals surface area contributed by atoms with E-state index >= 15 is 0 Å². The number of aromatic nitrogens is 1.